The van der Waals surface area contributed by atoms with Crippen LogP contribution in [0, 0.1) is 0 Å². The van der Waals surface area contributed by atoms with Crippen LogP contribution < -0.4 is 0 Å². The lowest BCUT2D eigenvalue weighted by Gasteiger charge is -2.13. The molecular weight excluding hydrogens is 236 g/mol. The second-order valence-electron chi connectivity index (χ2n) is 4.68. The average molecular weight is 252 g/mol. The highest BCUT2D eigenvalue weighted by atomic mass is 16.3. The van der Waals surface area contributed by atoms with Crippen molar-refractivity contribution in [2.45, 2.75) is 18.9 Å². The SMILES string of the molecule is OC(CCc1ccccc1)c1cccc2cncn12. The Balaban J connectivity index is 1.77. The van der Waals surface area contributed by atoms with E-state index in [4.69, 9.17) is 0 Å². The molecule has 1 unspecified atom stereocenters. The van der Waals surface area contributed by atoms with Crippen LogP contribution >= 0.6 is 0 Å². The van der Waals surface area contributed by atoms with Crippen molar-refractivity contribution in [3.05, 3.63) is 72.3 Å². The Kier molecular flexibility index (Phi) is 3.29. The molecule has 19 heavy (non-hydrogen) atoms. The van der Waals surface area contributed by atoms with Crippen molar-refractivity contribution in [1.29, 1.82) is 0 Å². The Labute approximate surface area is 112 Å². The Bertz CT molecular complexity index is 661. The first-order valence-electron chi connectivity index (χ1n) is 6.47. The topological polar surface area (TPSA) is 37.5 Å². The van der Waals surface area contributed by atoms with Gasteiger partial charge in [0.15, 0.2) is 0 Å². The predicted molar refractivity (Wildman–Crippen MR) is 74.9 cm³/mol. The second kappa shape index (κ2) is 5.24. The van der Waals surface area contributed by atoms with Gasteiger partial charge in [0.2, 0.25) is 0 Å². The monoisotopic (exact) mass is 252 g/mol. The largest absolute Gasteiger partial charge is 0.387 e. The van der Waals surface area contributed by atoms with Gasteiger partial charge in [-0.1, -0.05) is 36.4 Å². The molecule has 96 valence electrons. The number of aliphatic hydroxyl groups excluding tert-OH is 1. The van der Waals surface area contributed by atoms with Crippen molar-refractivity contribution in [3.63, 3.8) is 0 Å². The summed E-state index contributed by atoms with van der Waals surface area (Å²) >= 11 is 0. The number of hydrogen-bond donors (Lipinski definition) is 1. The fourth-order valence-corrected chi connectivity index (χ4v) is 2.34. The van der Waals surface area contributed by atoms with Gasteiger partial charge in [-0.3, -0.25) is 0 Å². The van der Waals surface area contributed by atoms with Gasteiger partial charge in [-0.2, -0.15) is 0 Å². The first-order valence-corrected chi connectivity index (χ1v) is 6.47. The van der Waals surface area contributed by atoms with Gasteiger partial charge in [-0.15, -0.1) is 0 Å². The van der Waals surface area contributed by atoms with E-state index in [0.717, 1.165) is 17.6 Å². The van der Waals surface area contributed by atoms with E-state index in [9.17, 15) is 5.11 Å². The van der Waals surface area contributed by atoms with E-state index in [-0.39, 0.29) is 0 Å². The molecule has 0 aliphatic heterocycles. The maximum Gasteiger partial charge on any atom is 0.0995 e. The third-order valence-electron chi connectivity index (χ3n) is 3.37. The van der Waals surface area contributed by atoms with Crippen LogP contribution in [-0.2, 0) is 6.42 Å². The number of imidazole rings is 1. The fraction of sp³-hybridized carbons (Fsp3) is 0.188. The summed E-state index contributed by atoms with van der Waals surface area (Å²) in [5.41, 5.74) is 3.15. The molecule has 3 nitrogen and oxygen atoms in total. The summed E-state index contributed by atoms with van der Waals surface area (Å²) in [4.78, 5) is 4.11. The van der Waals surface area contributed by atoms with Crippen LogP contribution in [0.25, 0.3) is 5.52 Å². The molecule has 0 aliphatic carbocycles. The molecule has 2 aromatic heterocycles. The highest BCUT2D eigenvalue weighted by Crippen LogP contribution is 2.20. The molecule has 0 fully saturated rings. The van der Waals surface area contributed by atoms with Gasteiger partial charge < -0.3 is 9.51 Å². The summed E-state index contributed by atoms with van der Waals surface area (Å²) in [7, 11) is 0. The van der Waals surface area contributed by atoms with Gasteiger partial charge in [0.1, 0.15) is 0 Å². The van der Waals surface area contributed by atoms with E-state index in [1.807, 2.05) is 40.8 Å². The number of hydrogen-bond acceptors (Lipinski definition) is 2. The number of aryl methyl sites for hydroxylation is 1. The van der Waals surface area contributed by atoms with Crippen molar-refractivity contribution < 1.29 is 5.11 Å². The minimum Gasteiger partial charge on any atom is -0.387 e. The molecule has 3 rings (SSSR count). The highest BCUT2D eigenvalue weighted by molar-refractivity contribution is 5.46. The van der Waals surface area contributed by atoms with Crippen molar-refractivity contribution in [2.24, 2.45) is 0 Å². The summed E-state index contributed by atoms with van der Waals surface area (Å²) in [6, 6.07) is 16.1. The number of aliphatic hydroxyl groups is 1. The van der Waals surface area contributed by atoms with E-state index >= 15 is 0 Å². The minimum atomic E-state index is -0.474. The standard InChI is InChI=1S/C16H16N2O/c19-16(10-9-13-5-2-1-3-6-13)15-8-4-7-14-11-17-12-18(14)15/h1-8,11-12,16,19H,9-10H2. The van der Waals surface area contributed by atoms with Crippen LogP contribution in [0.3, 0.4) is 0 Å². The molecule has 0 amide bonds. The molecule has 1 atom stereocenters. The Morgan fingerprint density at radius 1 is 1.05 bits per heavy atom. The van der Waals surface area contributed by atoms with Crippen molar-refractivity contribution in [3.8, 4) is 0 Å². The third-order valence-corrected chi connectivity index (χ3v) is 3.37. The first-order chi connectivity index (χ1) is 9.34. The Hall–Kier alpha value is -2.13. The van der Waals surface area contributed by atoms with Crippen LogP contribution in [0.5, 0.6) is 0 Å². The summed E-state index contributed by atoms with van der Waals surface area (Å²) in [6.45, 7) is 0. The Morgan fingerprint density at radius 2 is 1.89 bits per heavy atom. The molecule has 1 aromatic carbocycles. The molecule has 0 aliphatic rings. The van der Waals surface area contributed by atoms with Gasteiger partial charge in [0.05, 0.1) is 29.8 Å². The number of fused-ring (bicyclic) bond motifs is 1. The van der Waals surface area contributed by atoms with Crippen molar-refractivity contribution >= 4 is 5.52 Å². The molecule has 2 heterocycles. The predicted octanol–water partition coefficient (Wildman–Crippen LogP) is 3.00. The van der Waals surface area contributed by atoms with Gasteiger partial charge >= 0.3 is 0 Å². The average Bonchev–Trinajstić information content (AvgIpc) is 2.94. The van der Waals surface area contributed by atoms with Crippen LogP contribution in [0.4, 0.5) is 0 Å². The quantitative estimate of drug-likeness (QED) is 0.775. The first kappa shape index (κ1) is 11.9. The zero-order valence-corrected chi connectivity index (χ0v) is 10.6. The maximum atomic E-state index is 10.3. The fourth-order valence-electron chi connectivity index (χ4n) is 2.34. The number of nitrogens with zero attached hydrogens (tertiary/aromatic N) is 2. The maximum absolute atomic E-state index is 10.3. The van der Waals surface area contributed by atoms with Crippen molar-refractivity contribution in [1.82, 2.24) is 9.38 Å². The van der Waals surface area contributed by atoms with Crippen LogP contribution in [0.1, 0.15) is 23.8 Å². The molecule has 3 heteroatoms. The molecule has 0 bridgehead atoms. The van der Waals surface area contributed by atoms with E-state index in [1.165, 1.54) is 5.56 Å². The van der Waals surface area contributed by atoms with E-state index in [0.29, 0.717) is 6.42 Å². The number of benzene rings is 1. The number of rotatable bonds is 4. The molecule has 0 saturated carbocycles. The van der Waals surface area contributed by atoms with Crippen molar-refractivity contribution in [2.75, 3.05) is 0 Å². The third kappa shape index (κ3) is 2.51. The molecule has 1 N–H and O–H groups in total. The molecule has 3 aromatic rings. The van der Waals surface area contributed by atoms with Gasteiger partial charge in [-0.05, 0) is 30.5 Å². The molecular formula is C16H16N2O. The lowest BCUT2D eigenvalue weighted by atomic mass is 10.0. The van der Waals surface area contributed by atoms with E-state index in [1.54, 1.807) is 12.5 Å². The zero-order chi connectivity index (χ0) is 13.1. The summed E-state index contributed by atoms with van der Waals surface area (Å²) in [5, 5.41) is 10.3. The summed E-state index contributed by atoms with van der Waals surface area (Å²) in [5.74, 6) is 0. The van der Waals surface area contributed by atoms with Gasteiger partial charge in [0, 0.05) is 0 Å². The lowest BCUT2D eigenvalue weighted by molar-refractivity contribution is 0.162. The van der Waals surface area contributed by atoms with Crippen LogP contribution in [-0.4, -0.2) is 14.5 Å². The minimum absolute atomic E-state index is 0.474. The summed E-state index contributed by atoms with van der Waals surface area (Å²) in [6.07, 6.45) is 4.65. The van der Waals surface area contributed by atoms with Gasteiger partial charge in [0.25, 0.3) is 0 Å². The Morgan fingerprint density at radius 3 is 2.74 bits per heavy atom. The number of pyridine rings is 1. The summed E-state index contributed by atoms with van der Waals surface area (Å²) < 4.78 is 1.94. The normalized spacial score (nSPS) is 12.7. The zero-order valence-electron chi connectivity index (χ0n) is 10.6. The van der Waals surface area contributed by atoms with Crippen LogP contribution in [0.2, 0.25) is 0 Å². The highest BCUT2D eigenvalue weighted by Gasteiger charge is 2.11. The van der Waals surface area contributed by atoms with Crippen LogP contribution in [0.15, 0.2) is 61.1 Å². The molecule has 0 saturated heterocycles. The smallest absolute Gasteiger partial charge is 0.0995 e. The molecule has 0 radical (unpaired) electrons. The molecule has 0 spiro atoms. The number of aromatic nitrogens is 2. The second-order valence-corrected chi connectivity index (χ2v) is 4.68. The van der Waals surface area contributed by atoms with E-state index < -0.39 is 6.10 Å². The van der Waals surface area contributed by atoms with E-state index in [2.05, 4.69) is 17.1 Å². The van der Waals surface area contributed by atoms with Gasteiger partial charge in [-0.25, -0.2) is 4.98 Å². The lowest BCUT2D eigenvalue weighted by Crippen LogP contribution is -2.05.